The van der Waals surface area contributed by atoms with Crippen LogP contribution in [0, 0.1) is 0 Å². The maximum Gasteiger partial charge on any atom is 0.284 e. The van der Waals surface area contributed by atoms with Crippen LogP contribution in [0.2, 0.25) is 0 Å². The van der Waals surface area contributed by atoms with Crippen LogP contribution in [0.1, 0.15) is 0 Å². The van der Waals surface area contributed by atoms with Gasteiger partial charge in [-0.25, -0.2) is 0 Å². The van der Waals surface area contributed by atoms with Crippen LogP contribution >= 0.6 is 31.7 Å². The first-order valence-electron chi connectivity index (χ1n) is 2.57. The molecule has 9 heteroatoms. The molecule has 1 rings (SSSR count). The van der Waals surface area contributed by atoms with Crippen LogP contribution in [0.3, 0.4) is 0 Å². The first-order chi connectivity index (χ1) is 5.08. The lowest BCUT2D eigenvalue weighted by Crippen LogP contribution is -2.24. The highest BCUT2D eigenvalue weighted by atomic mass is 32.2. The van der Waals surface area contributed by atoms with E-state index in [9.17, 15) is 4.57 Å². The lowest BCUT2D eigenvalue weighted by atomic mass is 11.1. The van der Waals surface area contributed by atoms with Gasteiger partial charge >= 0.3 is 0 Å². The molecular weight excluding hydrogens is 205 g/mol. The van der Waals surface area contributed by atoms with Crippen molar-refractivity contribution in [3.8, 4) is 0 Å². The molecule has 0 radical (unpaired) electrons. The first-order valence-corrected chi connectivity index (χ1v) is 6.03. The van der Waals surface area contributed by atoms with E-state index in [2.05, 4.69) is 9.92 Å². The van der Waals surface area contributed by atoms with E-state index in [0.29, 0.717) is 0 Å². The summed E-state index contributed by atoms with van der Waals surface area (Å²) in [6.07, 6.45) is 1.73. The minimum absolute atomic E-state index is 1.05. The van der Waals surface area contributed by atoms with E-state index in [1.165, 1.54) is 11.9 Å². The molecule has 1 aliphatic rings. The second-order valence-corrected chi connectivity index (χ2v) is 5.46. The second-order valence-electron chi connectivity index (χ2n) is 1.69. The van der Waals surface area contributed by atoms with Crippen molar-refractivity contribution >= 4 is 31.7 Å². The quantitative estimate of drug-likeness (QED) is 0.387. The maximum absolute atomic E-state index is 10.7. The molecule has 0 aromatic heterocycles. The van der Waals surface area contributed by atoms with Gasteiger partial charge in [-0.15, -0.1) is 0 Å². The molecule has 0 spiro atoms. The Morgan fingerprint density at radius 1 is 1.73 bits per heavy atom. The van der Waals surface area contributed by atoms with E-state index in [4.69, 9.17) is 11.0 Å². The van der Waals surface area contributed by atoms with Crippen LogP contribution in [-0.2, 0) is 4.57 Å². The molecule has 0 aromatic carbocycles. The highest BCUT2D eigenvalue weighted by Crippen LogP contribution is 2.29. The molecule has 1 heterocycles. The van der Waals surface area contributed by atoms with Crippen LogP contribution in [0.5, 0.6) is 0 Å². The number of nitrogens with one attached hydrogen (secondary N) is 2. The van der Waals surface area contributed by atoms with Crippen molar-refractivity contribution < 1.29 is 4.57 Å². The molecule has 6 nitrogen and oxygen atoms in total. The molecule has 6 N–H and O–H groups in total. The van der Waals surface area contributed by atoms with Crippen LogP contribution in [0.4, 0.5) is 0 Å². The third kappa shape index (κ3) is 4.02. The topological polar surface area (TPSA) is 96.4 Å². The Hall–Kier alpha value is 0.310. The summed E-state index contributed by atoms with van der Waals surface area (Å²) in [7, 11) is -3.13. The molecule has 0 saturated heterocycles. The van der Waals surface area contributed by atoms with Gasteiger partial charge in [0.05, 0.1) is 0 Å². The Balaban J connectivity index is 2.18. The van der Waals surface area contributed by atoms with Crippen LogP contribution in [0.25, 0.3) is 0 Å². The van der Waals surface area contributed by atoms with E-state index >= 15 is 0 Å². The predicted molar refractivity (Wildman–Crippen MR) is 48.4 cm³/mol. The van der Waals surface area contributed by atoms with E-state index in [0.717, 1.165) is 12.1 Å². The standard InChI is InChI=1S/C2H8N5OPS2/c3-9(4,8)6-11-7-5-1-2-10-7/h1-2,5H,(H5,3,4,6,8). The van der Waals surface area contributed by atoms with Crippen molar-refractivity contribution in [3.63, 3.8) is 0 Å². The number of rotatable bonds is 3. The van der Waals surface area contributed by atoms with Crippen molar-refractivity contribution in [1.82, 2.24) is 13.7 Å². The third-order valence-corrected chi connectivity index (χ3v) is 3.45. The highest BCUT2D eigenvalue weighted by molar-refractivity contribution is 8.14. The summed E-state index contributed by atoms with van der Waals surface area (Å²) in [6.45, 7) is 0. The first kappa shape index (κ1) is 9.40. The van der Waals surface area contributed by atoms with E-state index in [1.54, 1.807) is 10.0 Å². The highest BCUT2D eigenvalue weighted by Gasteiger charge is 2.13. The summed E-state index contributed by atoms with van der Waals surface area (Å²) in [5.74, 6) is 0. The molecule has 0 aliphatic carbocycles. The summed E-state index contributed by atoms with van der Waals surface area (Å²) in [5, 5.41) is 1.83. The fourth-order valence-corrected chi connectivity index (χ4v) is 2.25. The normalized spacial score (nSPS) is 18.7. The van der Waals surface area contributed by atoms with Crippen LogP contribution in [-0.4, -0.2) is 3.82 Å². The van der Waals surface area contributed by atoms with Crippen molar-refractivity contribution in [2.75, 3.05) is 0 Å². The molecule has 0 aromatic rings. The van der Waals surface area contributed by atoms with Gasteiger partial charge in [0.1, 0.15) is 0 Å². The van der Waals surface area contributed by atoms with Gasteiger partial charge in [0.25, 0.3) is 7.59 Å². The van der Waals surface area contributed by atoms with Crippen molar-refractivity contribution in [2.45, 2.75) is 0 Å². The molecule has 0 unspecified atom stereocenters. The number of nitrogens with two attached hydrogens (primary N) is 2. The lowest BCUT2D eigenvalue weighted by Gasteiger charge is -2.14. The number of hydrazine groups is 1. The third-order valence-electron chi connectivity index (χ3n) is 0.671. The van der Waals surface area contributed by atoms with Gasteiger partial charge < -0.3 is 5.43 Å². The smallest absolute Gasteiger partial charge is 0.284 e. The molecular formula is C2H8N5OPS2. The van der Waals surface area contributed by atoms with Crippen LogP contribution in [0.15, 0.2) is 11.6 Å². The van der Waals surface area contributed by atoms with Gasteiger partial charge in [-0.1, -0.05) is 3.82 Å². The minimum atomic E-state index is -3.13. The van der Waals surface area contributed by atoms with Crippen molar-refractivity contribution in [1.29, 1.82) is 0 Å². The molecule has 0 atom stereocenters. The van der Waals surface area contributed by atoms with Crippen LogP contribution < -0.4 is 20.9 Å². The van der Waals surface area contributed by atoms with Crippen molar-refractivity contribution in [3.05, 3.63) is 11.6 Å². The van der Waals surface area contributed by atoms with Gasteiger partial charge in [0, 0.05) is 23.7 Å². The van der Waals surface area contributed by atoms with E-state index in [1.807, 2.05) is 5.41 Å². The van der Waals surface area contributed by atoms with Gasteiger partial charge in [-0.05, 0) is 11.9 Å². The zero-order chi connectivity index (χ0) is 8.32. The van der Waals surface area contributed by atoms with E-state index < -0.39 is 7.59 Å². The van der Waals surface area contributed by atoms with Gasteiger partial charge in [-0.2, -0.15) is 4.49 Å². The average Bonchev–Trinajstić information content (AvgIpc) is 2.32. The molecule has 1 aliphatic heterocycles. The summed E-state index contributed by atoms with van der Waals surface area (Å²) >= 11 is 2.44. The predicted octanol–water partition coefficient (Wildman–Crippen LogP) is 0.104. The summed E-state index contributed by atoms with van der Waals surface area (Å²) in [4.78, 5) is 0. The fraction of sp³-hybridized carbons (Fsp3) is 0. The number of hydrogen-bond donors (Lipinski definition) is 4. The minimum Gasteiger partial charge on any atom is -0.305 e. The number of nitrogens with zero attached hydrogens (tertiary/aromatic N) is 1. The second kappa shape index (κ2) is 3.81. The zero-order valence-electron chi connectivity index (χ0n) is 5.43. The monoisotopic (exact) mass is 213 g/mol. The largest absolute Gasteiger partial charge is 0.305 e. The molecule has 0 bridgehead atoms. The average molecular weight is 213 g/mol. The Bertz CT molecular complexity index is 195. The Labute approximate surface area is 73.0 Å². The molecule has 0 amide bonds. The Kier molecular flexibility index (Phi) is 3.26. The fourth-order valence-electron chi connectivity index (χ4n) is 0.356. The summed E-state index contributed by atoms with van der Waals surface area (Å²) < 4.78 is 14.7. The Morgan fingerprint density at radius 3 is 2.91 bits per heavy atom. The Morgan fingerprint density at radius 2 is 2.45 bits per heavy atom. The molecule has 64 valence electrons. The molecule has 0 saturated carbocycles. The van der Waals surface area contributed by atoms with Gasteiger partial charge in [0.15, 0.2) is 0 Å². The SMILES string of the molecule is NP(N)(=O)NSN1NC=CS1. The number of hydrogen-bond acceptors (Lipinski definition) is 5. The maximum atomic E-state index is 10.7. The summed E-state index contributed by atoms with van der Waals surface area (Å²) in [5.41, 5.74) is 12.9. The lowest BCUT2D eigenvalue weighted by molar-refractivity contribution is 0.574. The van der Waals surface area contributed by atoms with Gasteiger partial charge in [0.2, 0.25) is 0 Å². The zero-order valence-corrected chi connectivity index (χ0v) is 7.96. The van der Waals surface area contributed by atoms with Crippen molar-refractivity contribution in [2.24, 2.45) is 11.0 Å². The van der Waals surface area contributed by atoms with E-state index in [-0.39, 0.29) is 0 Å². The molecule has 0 fully saturated rings. The van der Waals surface area contributed by atoms with Gasteiger partial charge in [-0.3, -0.25) is 15.6 Å². The summed E-state index contributed by atoms with van der Waals surface area (Å²) in [6, 6.07) is 0. The molecule has 11 heavy (non-hydrogen) atoms.